The van der Waals surface area contributed by atoms with Gasteiger partial charge in [-0.15, -0.1) is 0 Å². The Morgan fingerprint density at radius 2 is 1.13 bits per heavy atom. The third kappa shape index (κ3) is 2.96. The van der Waals surface area contributed by atoms with Gasteiger partial charge in [-0.1, -0.05) is 48.0 Å². The highest BCUT2D eigenvalue weighted by molar-refractivity contribution is 4.92. The van der Waals surface area contributed by atoms with Crippen molar-refractivity contribution in [2.75, 3.05) is 0 Å². The van der Waals surface area contributed by atoms with Crippen molar-refractivity contribution >= 4 is 0 Å². The molecule has 1 aliphatic rings. The van der Waals surface area contributed by atoms with Gasteiger partial charge in [0.15, 0.2) is 0 Å². The maximum absolute atomic E-state index is 10.5. The van der Waals surface area contributed by atoms with Gasteiger partial charge < -0.3 is 5.11 Å². The quantitative estimate of drug-likeness (QED) is 0.646. The summed E-state index contributed by atoms with van der Waals surface area (Å²) in [6, 6.07) is 0. The molecule has 1 rings (SSSR count). The minimum absolute atomic E-state index is 0.112. The summed E-state index contributed by atoms with van der Waals surface area (Å²) in [5, 5.41) is 10.5. The molecule has 0 heterocycles. The van der Waals surface area contributed by atoms with Gasteiger partial charge in [-0.2, -0.15) is 0 Å². The van der Waals surface area contributed by atoms with Crippen molar-refractivity contribution in [1.29, 1.82) is 0 Å². The minimum Gasteiger partial charge on any atom is -0.393 e. The van der Waals surface area contributed by atoms with Crippen LogP contribution >= 0.6 is 0 Å². The molecule has 0 amide bonds. The first-order valence-corrected chi connectivity index (χ1v) is 6.32. The molecule has 2 atom stereocenters. The average Bonchev–Trinajstić information content (AvgIpc) is 1.99. The van der Waals surface area contributed by atoms with E-state index in [1.807, 2.05) is 0 Å². The Hall–Kier alpha value is -0.0400. The van der Waals surface area contributed by atoms with Crippen molar-refractivity contribution < 1.29 is 5.11 Å². The number of hydrogen-bond acceptors (Lipinski definition) is 1. The Bertz CT molecular complexity index is 184. The molecule has 15 heavy (non-hydrogen) atoms. The summed E-state index contributed by atoms with van der Waals surface area (Å²) in [5.41, 5.74) is 0.479. The minimum atomic E-state index is -0.112. The fraction of sp³-hybridized carbons (Fsp3) is 1.00. The number of rotatable bonds is 0. The second-order valence-corrected chi connectivity index (χ2v) is 7.37. The van der Waals surface area contributed by atoms with Crippen LogP contribution in [0.15, 0.2) is 0 Å². The van der Waals surface area contributed by atoms with Gasteiger partial charge in [0.05, 0.1) is 6.10 Å². The first kappa shape index (κ1) is 13.0. The molecule has 1 nitrogen and oxygen atoms in total. The van der Waals surface area contributed by atoms with E-state index in [0.717, 1.165) is 0 Å². The van der Waals surface area contributed by atoms with E-state index in [0.29, 0.717) is 11.8 Å². The van der Waals surface area contributed by atoms with Crippen molar-refractivity contribution in [1.82, 2.24) is 0 Å². The summed E-state index contributed by atoms with van der Waals surface area (Å²) in [4.78, 5) is 0. The van der Waals surface area contributed by atoms with Crippen LogP contribution in [0, 0.1) is 22.7 Å². The molecule has 0 aromatic carbocycles. The predicted molar refractivity (Wildman–Crippen MR) is 65.7 cm³/mol. The van der Waals surface area contributed by atoms with Gasteiger partial charge in [0.1, 0.15) is 0 Å². The van der Waals surface area contributed by atoms with Crippen LogP contribution in [0.3, 0.4) is 0 Å². The Kier molecular flexibility index (Phi) is 3.55. The molecule has 1 fully saturated rings. The van der Waals surface area contributed by atoms with Crippen molar-refractivity contribution in [3.63, 3.8) is 0 Å². The van der Waals surface area contributed by atoms with Crippen molar-refractivity contribution in [2.45, 2.75) is 66.9 Å². The summed E-state index contributed by atoms with van der Waals surface area (Å²) >= 11 is 0. The SMILES string of the molecule is CC(C)(C)C1CCCC(C(C)(C)C)C1O. The molecule has 1 aliphatic carbocycles. The maximum Gasteiger partial charge on any atom is 0.0606 e. The van der Waals surface area contributed by atoms with Crippen LogP contribution in [-0.2, 0) is 0 Å². The normalized spacial score (nSPS) is 34.2. The van der Waals surface area contributed by atoms with Crippen LogP contribution in [0.1, 0.15) is 60.8 Å². The Morgan fingerprint density at radius 3 is 1.40 bits per heavy atom. The van der Waals surface area contributed by atoms with Crippen LogP contribution in [0.2, 0.25) is 0 Å². The van der Waals surface area contributed by atoms with Gasteiger partial charge in [-0.25, -0.2) is 0 Å². The van der Waals surface area contributed by atoms with E-state index >= 15 is 0 Å². The van der Waals surface area contributed by atoms with Crippen molar-refractivity contribution in [3.05, 3.63) is 0 Å². The molecule has 0 bridgehead atoms. The van der Waals surface area contributed by atoms with Crippen molar-refractivity contribution in [3.8, 4) is 0 Å². The molecular formula is C14H28O. The van der Waals surface area contributed by atoms with Gasteiger partial charge in [0.2, 0.25) is 0 Å². The molecule has 0 spiro atoms. The number of hydrogen-bond donors (Lipinski definition) is 1. The summed E-state index contributed by atoms with van der Waals surface area (Å²) in [6.45, 7) is 13.5. The second kappa shape index (κ2) is 4.08. The van der Waals surface area contributed by atoms with E-state index < -0.39 is 0 Å². The lowest BCUT2D eigenvalue weighted by atomic mass is 9.61. The third-order valence-electron chi connectivity index (χ3n) is 4.08. The molecule has 0 saturated heterocycles. The van der Waals surface area contributed by atoms with E-state index in [1.54, 1.807) is 0 Å². The highest BCUT2D eigenvalue weighted by Gasteiger charge is 2.42. The Morgan fingerprint density at radius 1 is 0.800 bits per heavy atom. The second-order valence-electron chi connectivity index (χ2n) is 7.37. The van der Waals surface area contributed by atoms with Gasteiger partial charge >= 0.3 is 0 Å². The fourth-order valence-electron chi connectivity index (χ4n) is 3.07. The third-order valence-corrected chi connectivity index (χ3v) is 4.08. The van der Waals surface area contributed by atoms with E-state index in [2.05, 4.69) is 41.5 Å². The standard InChI is InChI=1S/C14H28O/c1-13(2,3)10-8-7-9-11(12(10)15)14(4,5)6/h10-12,15H,7-9H2,1-6H3. The lowest BCUT2D eigenvalue weighted by Crippen LogP contribution is -2.45. The molecule has 1 saturated carbocycles. The van der Waals surface area contributed by atoms with Gasteiger partial charge in [0.25, 0.3) is 0 Å². The molecular weight excluding hydrogens is 184 g/mol. The highest BCUT2D eigenvalue weighted by Crippen LogP contribution is 2.46. The zero-order valence-electron chi connectivity index (χ0n) is 11.3. The molecule has 90 valence electrons. The lowest BCUT2D eigenvalue weighted by Gasteiger charge is -2.46. The zero-order chi connectivity index (χ0) is 11.9. The number of aliphatic hydroxyl groups is 1. The first-order chi connectivity index (χ1) is 6.64. The molecule has 0 aliphatic heterocycles. The van der Waals surface area contributed by atoms with Crippen LogP contribution in [0.25, 0.3) is 0 Å². The fourth-order valence-corrected chi connectivity index (χ4v) is 3.07. The lowest BCUT2D eigenvalue weighted by molar-refractivity contribution is -0.0660. The zero-order valence-corrected chi connectivity index (χ0v) is 11.3. The van der Waals surface area contributed by atoms with E-state index in [-0.39, 0.29) is 16.9 Å². The largest absolute Gasteiger partial charge is 0.393 e. The van der Waals surface area contributed by atoms with Crippen molar-refractivity contribution in [2.24, 2.45) is 22.7 Å². The van der Waals surface area contributed by atoms with Crippen LogP contribution in [0.4, 0.5) is 0 Å². The molecule has 0 aromatic rings. The van der Waals surface area contributed by atoms with Gasteiger partial charge in [-0.3, -0.25) is 0 Å². The van der Waals surface area contributed by atoms with Crippen LogP contribution in [0.5, 0.6) is 0 Å². The van der Waals surface area contributed by atoms with E-state index in [9.17, 15) is 5.11 Å². The molecule has 1 heteroatoms. The number of aliphatic hydroxyl groups excluding tert-OH is 1. The molecule has 1 N–H and O–H groups in total. The first-order valence-electron chi connectivity index (χ1n) is 6.32. The molecule has 0 radical (unpaired) electrons. The molecule has 2 unspecified atom stereocenters. The summed E-state index contributed by atoms with van der Waals surface area (Å²) in [5.74, 6) is 0.936. The summed E-state index contributed by atoms with van der Waals surface area (Å²) < 4.78 is 0. The highest BCUT2D eigenvalue weighted by atomic mass is 16.3. The monoisotopic (exact) mass is 212 g/mol. The van der Waals surface area contributed by atoms with Crippen LogP contribution < -0.4 is 0 Å². The summed E-state index contributed by atoms with van der Waals surface area (Å²) in [6.07, 6.45) is 3.55. The van der Waals surface area contributed by atoms with Gasteiger partial charge in [0, 0.05) is 0 Å². The molecule has 0 aromatic heterocycles. The smallest absolute Gasteiger partial charge is 0.0606 e. The van der Waals surface area contributed by atoms with E-state index in [1.165, 1.54) is 19.3 Å². The average molecular weight is 212 g/mol. The van der Waals surface area contributed by atoms with Gasteiger partial charge in [-0.05, 0) is 35.5 Å². The Balaban J connectivity index is 2.81. The van der Waals surface area contributed by atoms with Crippen LogP contribution in [-0.4, -0.2) is 11.2 Å². The topological polar surface area (TPSA) is 20.2 Å². The van der Waals surface area contributed by atoms with E-state index in [4.69, 9.17) is 0 Å². The summed E-state index contributed by atoms with van der Waals surface area (Å²) in [7, 11) is 0. The Labute approximate surface area is 95.3 Å². The maximum atomic E-state index is 10.5. The predicted octanol–water partition coefficient (Wildman–Crippen LogP) is 3.86.